The summed E-state index contributed by atoms with van der Waals surface area (Å²) in [6.07, 6.45) is 5.94. The Balaban J connectivity index is 1.43. The van der Waals surface area contributed by atoms with Crippen LogP contribution in [0.15, 0.2) is 18.2 Å². The number of hydrogen-bond donors (Lipinski definition) is 1. The highest BCUT2D eigenvalue weighted by Gasteiger charge is 2.40. The molecule has 0 saturated heterocycles. The van der Waals surface area contributed by atoms with Crippen LogP contribution in [0.5, 0.6) is 0 Å². The van der Waals surface area contributed by atoms with Gasteiger partial charge in [-0.05, 0) is 55.2 Å². The van der Waals surface area contributed by atoms with Gasteiger partial charge in [-0.2, -0.15) is 0 Å². The van der Waals surface area contributed by atoms with E-state index in [9.17, 15) is 4.79 Å². The fourth-order valence-corrected chi connectivity index (χ4v) is 5.14. The van der Waals surface area contributed by atoms with Crippen LogP contribution in [-0.4, -0.2) is 10.9 Å². The van der Waals surface area contributed by atoms with Crippen LogP contribution in [0, 0.1) is 17.8 Å². The van der Waals surface area contributed by atoms with Gasteiger partial charge in [-0.15, -0.1) is 0 Å². The van der Waals surface area contributed by atoms with Gasteiger partial charge in [0, 0.05) is 11.4 Å². The quantitative estimate of drug-likeness (QED) is 0.889. The number of anilines is 1. The fourth-order valence-electron chi connectivity index (χ4n) is 3.99. The molecule has 5 heteroatoms. The molecular weight excluding hydrogens is 304 g/mol. The molecule has 1 aromatic carbocycles. The molecule has 3 atom stereocenters. The van der Waals surface area contributed by atoms with E-state index in [4.69, 9.17) is 11.6 Å². The average molecular weight is 321 g/mol. The highest BCUT2D eigenvalue weighted by atomic mass is 35.5. The SMILES string of the molecule is O=C(C[C@H]1C[C@@H]2CC[C@@H]1C2)Nc1nc2ccc(Cl)cc2s1. The van der Waals surface area contributed by atoms with Gasteiger partial charge in [0.2, 0.25) is 5.91 Å². The van der Waals surface area contributed by atoms with Gasteiger partial charge in [0.1, 0.15) is 0 Å². The molecular formula is C16H17ClN2OS. The van der Waals surface area contributed by atoms with E-state index in [1.54, 1.807) is 0 Å². The number of fused-ring (bicyclic) bond motifs is 3. The Kier molecular flexibility index (Phi) is 3.38. The van der Waals surface area contributed by atoms with Crippen molar-refractivity contribution >= 4 is 44.2 Å². The number of halogens is 1. The van der Waals surface area contributed by atoms with Crippen LogP contribution in [0.25, 0.3) is 10.2 Å². The molecule has 3 nitrogen and oxygen atoms in total. The van der Waals surface area contributed by atoms with Crippen LogP contribution >= 0.6 is 22.9 Å². The van der Waals surface area contributed by atoms with Crippen LogP contribution in [0.1, 0.15) is 32.1 Å². The molecule has 0 aliphatic heterocycles. The molecule has 2 aromatic rings. The van der Waals surface area contributed by atoms with Crippen molar-refractivity contribution in [2.75, 3.05) is 5.32 Å². The second-order valence-electron chi connectivity index (χ2n) is 6.32. The molecule has 2 bridgehead atoms. The monoisotopic (exact) mass is 320 g/mol. The minimum atomic E-state index is 0.109. The summed E-state index contributed by atoms with van der Waals surface area (Å²) >= 11 is 7.46. The molecule has 2 saturated carbocycles. The van der Waals surface area contributed by atoms with Crippen LogP contribution < -0.4 is 5.32 Å². The number of thiazole rings is 1. The van der Waals surface area contributed by atoms with E-state index in [1.165, 1.54) is 37.0 Å². The fraction of sp³-hybridized carbons (Fsp3) is 0.500. The van der Waals surface area contributed by atoms with E-state index < -0.39 is 0 Å². The number of nitrogens with one attached hydrogen (secondary N) is 1. The second-order valence-corrected chi connectivity index (χ2v) is 7.79. The van der Waals surface area contributed by atoms with Gasteiger partial charge in [0.15, 0.2) is 5.13 Å². The summed E-state index contributed by atoms with van der Waals surface area (Å²) in [5.74, 6) is 2.37. The van der Waals surface area contributed by atoms with Crippen LogP contribution in [0.3, 0.4) is 0 Å². The number of amides is 1. The second kappa shape index (κ2) is 5.25. The zero-order chi connectivity index (χ0) is 14.4. The minimum Gasteiger partial charge on any atom is -0.302 e. The molecule has 4 rings (SSSR count). The number of carbonyl (C=O) groups is 1. The topological polar surface area (TPSA) is 42.0 Å². The largest absolute Gasteiger partial charge is 0.302 e. The zero-order valence-corrected chi connectivity index (χ0v) is 13.2. The lowest BCUT2D eigenvalue weighted by Crippen LogP contribution is -2.20. The van der Waals surface area contributed by atoms with E-state index in [0.29, 0.717) is 22.5 Å². The minimum absolute atomic E-state index is 0.109. The molecule has 2 aliphatic carbocycles. The maximum atomic E-state index is 12.2. The maximum Gasteiger partial charge on any atom is 0.226 e. The summed E-state index contributed by atoms with van der Waals surface area (Å²) < 4.78 is 1.01. The van der Waals surface area contributed by atoms with Crippen molar-refractivity contribution in [3.8, 4) is 0 Å². The van der Waals surface area contributed by atoms with Crippen molar-refractivity contribution < 1.29 is 4.79 Å². The smallest absolute Gasteiger partial charge is 0.226 e. The lowest BCUT2D eigenvalue weighted by molar-refractivity contribution is -0.117. The molecule has 2 aliphatic rings. The van der Waals surface area contributed by atoms with Gasteiger partial charge in [0.25, 0.3) is 0 Å². The van der Waals surface area contributed by atoms with Gasteiger partial charge < -0.3 is 5.32 Å². The molecule has 0 unspecified atom stereocenters. The first-order chi connectivity index (χ1) is 10.2. The Bertz CT molecular complexity index is 699. The number of rotatable bonds is 3. The molecule has 1 heterocycles. The van der Waals surface area contributed by atoms with Crippen LogP contribution in [0.4, 0.5) is 5.13 Å². The van der Waals surface area contributed by atoms with Crippen LogP contribution in [-0.2, 0) is 4.79 Å². The summed E-state index contributed by atoms with van der Waals surface area (Å²) in [5, 5.41) is 4.34. The van der Waals surface area contributed by atoms with Crippen LogP contribution in [0.2, 0.25) is 5.02 Å². The van der Waals surface area contributed by atoms with Crippen molar-refractivity contribution in [3.05, 3.63) is 23.2 Å². The number of carbonyl (C=O) groups excluding carboxylic acids is 1. The standard InChI is InChI=1S/C16H17ClN2OS/c17-12-3-4-13-14(8-12)21-16(18-13)19-15(20)7-11-6-9-1-2-10(11)5-9/h3-4,8-11H,1-2,5-7H2,(H,18,19,20)/t9-,10-,11-/m1/s1. The molecule has 0 radical (unpaired) electrons. The first-order valence-electron chi connectivity index (χ1n) is 7.53. The number of aromatic nitrogens is 1. The number of hydrogen-bond acceptors (Lipinski definition) is 3. The Morgan fingerprint density at radius 3 is 3.05 bits per heavy atom. The summed E-state index contributed by atoms with van der Waals surface area (Å²) in [7, 11) is 0. The normalized spacial score (nSPS) is 27.4. The molecule has 0 spiro atoms. The molecule has 1 amide bonds. The van der Waals surface area contributed by atoms with Gasteiger partial charge in [0.05, 0.1) is 10.2 Å². The van der Waals surface area contributed by atoms with Crippen molar-refractivity contribution in [1.29, 1.82) is 0 Å². The van der Waals surface area contributed by atoms with Gasteiger partial charge >= 0.3 is 0 Å². The third-order valence-electron chi connectivity index (χ3n) is 4.93. The predicted octanol–water partition coefficient (Wildman–Crippen LogP) is 4.71. The average Bonchev–Trinajstić information content (AvgIpc) is 3.12. The van der Waals surface area contributed by atoms with E-state index in [0.717, 1.165) is 22.1 Å². The summed E-state index contributed by atoms with van der Waals surface area (Å²) in [5.41, 5.74) is 0.889. The van der Waals surface area contributed by atoms with E-state index in [-0.39, 0.29) is 5.91 Å². The first kappa shape index (κ1) is 13.5. The summed E-state index contributed by atoms with van der Waals surface area (Å²) in [6, 6.07) is 5.60. The third kappa shape index (κ3) is 2.67. The van der Waals surface area contributed by atoms with Crippen molar-refractivity contribution in [3.63, 3.8) is 0 Å². The van der Waals surface area contributed by atoms with E-state index in [2.05, 4.69) is 10.3 Å². The predicted molar refractivity (Wildman–Crippen MR) is 86.8 cm³/mol. The molecule has 21 heavy (non-hydrogen) atoms. The van der Waals surface area contributed by atoms with E-state index >= 15 is 0 Å². The summed E-state index contributed by atoms with van der Waals surface area (Å²) in [4.78, 5) is 16.7. The third-order valence-corrected chi connectivity index (χ3v) is 6.10. The maximum absolute atomic E-state index is 12.2. The Morgan fingerprint density at radius 2 is 2.29 bits per heavy atom. The highest BCUT2D eigenvalue weighted by Crippen LogP contribution is 2.49. The van der Waals surface area contributed by atoms with Gasteiger partial charge in [-0.3, -0.25) is 4.79 Å². The van der Waals surface area contributed by atoms with Crippen molar-refractivity contribution in [2.24, 2.45) is 17.8 Å². The molecule has 1 aromatic heterocycles. The zero-order valence-electron chi connectivity index (χ0n) is 11.6. The molecule has 110 valence electrons. The lowest BCUT2D eigenvalue weighted by Gasteiger charge is -2.20. The Hall–Kier alpha value is -1.13. The Morgan fingerprint density at radius 1 is 1.38 bits per heavy atom. The Labute approximate surface area is 132 Å². The van der Waals surface area contributed by atoms with E-state index in [1.807, 2.05) is 18.2 Å². The molecule has 1 N–H and O–H groups in total. The van der Waals surface area contributed by atoms with Crippen molar-refractivity contribution in [2.45, 2.75) is 32.1 Å². The van der Waals surface area contributed by atoms with Gasteiger partial charge in [-0.25, -0.2) is 4.98 Å². The lowest BCUT2D eigenvalue weighted by atomic mass is 9.86. The van der Waals surface area contributed by atoms with Crippen molar-refractivity contribution in [1.82, 2.24) is 4.98 Å². The number of benzene rings is 1. The van der Waals surface area contributed by atoms with Gasteiger partial charge in [-0.1, -0.05) is 29.4 Å². The first-order valence-corrected chi connectivity index (χ1v) is 8.73. The summed E-state index contributed by atoms with van der Waals surface area (Å²) in [6.45, 7) is 0. The number of nitrogens with zero attached hydrogens (tertiary/aromatic N) is 1. The molecule has 2 fully saturated rings. The highest BCUT2D eigenvalue weighted by molar-refractivity contribution is 7.22.